The molecule has 1 aromatic heterocycles. The number of nitrogens with zero attached hydrogens (tertiary/aromatic N) is 2. The Bertz CT molecular complexity index is 751. The van der Waals surface area contributed by atoms with Crippen molar-refractivity contribution in [3.05, 3.63) is 30.1 Å². The van der Waals surface area contributed by atoms with Crippen molar-refractivity contribution < 1.29 is 47.5 Å². The van der Waals surface area contributed by atoms with Crippen LogP contribution in [0.2, 0.25) is 0 Å². The van der Waals surface area contributed by atoms with E-state index in [4.69, 9.17) is 14.2 Å². The van der Waals surface area contributed by atoms with E-state index in [-0.39, 0.29) is 36.2 Å². The normalized spacial score (nSPS) is 16.6. The van der Waals surface area contributed by atoms with Gasteiger partial charge in [0, 0.05) is 31.7 Å². The summed E-state index contributed by atoms with van der Waals surface area (Å²) in [4.78, 5) is 14.0. The number of unbranched alkanes of at least 4 members (excludes halogenated alkanes) is 15. The molecule has 2 atom stereocenters. The zero-order valence-electron chi connectivity index (χ0n) is 25.9. The molecule has 2 rings (SSSR count). The number of hydrogen-bond acceptors (Lipinski definition) is 4. The number of aryl methyl sites for hydroxylation is 1. The number of aromatic nitrogens is 1. The Morgan fingerprint density at radius 1 is 0.900 bits per heavy atom. The van der Waals surface area contributed by atoms with Crippen LogP contribution in [0.15, 0.2) is 24.4 Å². The van der Waals surface area contributed by atoms with Gasteiger partial charge in [-0.15, -0.1) is 0 Å². The molecule has 7 heteroatoms. The molecule has 0 radical (unpaired) electrons. The van der Waals surface area contributed by atoms with Crippen molar-refractivity contribution >= 4 is 6.09 Å². The van der Waals surface area contributed by atoms with E-state index in [0.717, 1.165) is 31.7 Å². The summed E-state index contributed by atoms with van der Waals surface area (Å²) < 4.78 is 19.3. The largest absolute Gasteiger partial charge is 1.00 e. The number of halogens is 1. The molecule has 1 aliphatic rings. The third-order valence-electron chi connectivity index (χ3n) is 7.93. The van der Waals surface area contributed by atoms with Gasteiger partial charge in [-0.3, -0.25) is 0 Å². The summed E-state index contributed by atoms with van der Waals surface area (Å²) in [6, 6.07) is 5.96. The van der Waals surface area contributed by atoms with Gasteiger partial charge in [0.1, 0.15) is 20.2 Å². The molecule has 6 nitrogen and oxygen atoms in total. The maximum Gasteiger partial charge on any atom is 0.410 e. The Balaban J connectivity index is 0.00000800. The monoisotopic (exact) mass is 674 g/mol. The van der Waals surface area contributed by atoms with Gasteiger partial charge in [0.15, 0.2) is 6.20 Å². The molecule has 2 heterocycles. The maximum atomic E-state index is 12.4. The molecule has 0 N–H and O–H groups in total. The van der Waals surface area contributed by atoms with Crippen LogP contribution in [-0.2, 0) is 27.8 Å². The third-order valence-corrected chi connectivity index (χ3v) is 7.93. The molecule has 1 aliphatic heterocycles. The SMILES string of the molecule is CCCCCCCCCCCCCCCCCCOC[C@H]1CO[C@H](COC(=O)N(C)Cc2cccc[n+]2C)C1.[I-]. The van der Waals surface area contributed by atoms with Crippen LogP contribution in [0.3, 0.4) is 0 Å². The molecule has 40 heavy (non-hydrogen) atoms. The summed E-state index contributed by atoms with van der Waals surface area (Å²) in [5, 5.41) is 0. The van der Waals surface area contributed by atoms with Crippen LogP contribution >= 0.6 is 0 Å². The average molecular weight is 675 g/mol. The number of carbonyl (C=O) groups excluding carboxylic acids is 1. The van der Waals surface area contributed by atoms with Crippen LogP contribution < -0.4 is 28.5 Å². The van der Waals surface area contributed by atoms with Gasteiger partial charge < -0.3 is 43.1 Å². The number of pyridine rings is 1. The zero-order chi connectivity index (χ0) is 28.0. The first-order chi connectivity index (χ1) is 19.1. The number of amides is 1. The van der Waals surface area contributed by atoms with E-state index < -0.39 is 0 Å². The lowest BCUT2D eigenvalue weighted by molar-refractivity contribution is -0.680. The summed E-state index contributed by atoms with van der Waals surface area (Å²) in [6.45, 7) is 5.38. The fourth-order valence-electron chi connectivity index (χ4n) is 5.32. The predicted octanol–water partition coefficient (Wildman–Crippen LogP) is 4.77. The fourth-order valence-corrected chi connectivity index (χ4v) is 5.32. The zero-order valence-corrected chi connectivity index (χ0v) is 28.1. The highest BCUT2D eigenvalue weighted by Gasteiger charge is 2.27. The second-order valence-electron chi connectivity index (χ2n) is 11.7. The highest BCUT2D eigenvalue weighted by atomic mass is 127. The number of hydrogen-bond donors (Lipinski definition) is 0. The standard InChI is InChI=1S/C33H59N2O4.HI/c1-4-5-6-7-8-9-10-11-12-13-14-15-16-17-18-21-24-37-27-30-25-32(38-28-30)29-39-33(36)35(3)26-31-22-19-20-23-34(31)2;/h19-20,22-23,30,32H,4-18,21,24-29H2,1-3H3;1H/q+1;/p-1/t30-,32-;/m0./s1. The minimum Gasteiger partial charge on any atom is -1.00 e. The van der Waals surface area contributed by atoms with Crippen molar-refractivity contribution in [1.29, 1.82) is 0 Å². The summed E-state index contributed by atoms with van der Waals surface area (Å²) in [5.41, 5.74) is 1.05. The molecule has 1 aromatic rings. The summed E-state index contributed by atoms with van der Waals surface area (Å²) in [5.74, 6) is 0.399. The highest BCUT2D eigenvalue weighted by Crippen LogP contribution is 2.21. The Labute approximate surface area is 262 Å². The Morgan fingerprint density at radius 3 is 2.05 bits per heavy atom. The second kappa shape index (κ2) is 24.6. The van der Waals surface area contributed by atoms with E-state index in [2.05, 4.69) is 6.92 Å². The molecule has 0 spiro atoms. The van der Waals surface area contributed by atoms with Crippen LogP contribution in [-0.4, -0.2) is 50.6 Å². The van der Waals surface area contributed by atoms with Crippen molar-refractivity contribution in [3.8, 4) is 0 Å². The lowest BCUT2D eigenvalue weighted by Gasteiger charge is -2.17. The average Bonchev–Trinajstić information content (AvgIpc) is 3.40. The van der Waals surface area contributed by atoms with Gasteiger partial charge in [-0.2, -0.15) is 0 Å². The topological polar surface area (TPSA) is 51.9 Å². The molecule has 0 unspecified atom stereocenters. The molecule has 0 aliphatic carbocycles. The smallest absolute Gasteiger partial charge is 0.410 e. The molecule has 0 saturated carbocycles. The fraction of sp³-hybridized carbons (Fsp3) is 0.818. The second-order valence-corrected chi connectivity index (χ2v) is 11.7. The summed E-state index contributed by atoms with van der Waals surface area (Å²) in [7, 11) is 3.74. The van der Waals surface area contributed by atoms with E-state index in [1.807, 2.05) is 36.0 Å². The minimum atomic E-state index is -0.314. The number of ether oxygens (including phenoxy) is 3. The lowest BCUT2D eigenvalue weighted by Crippen LogP contribution is -3.00. The van der Waals surface area contributed by atoms with Gasteiger partial charge in [-0.25, -0.2) is 9.36 Å². The van der Waals surface area contributed by atoms with Crippen LogP contribution in [0.5, 0.6) is 0 Å². The van der Waals surface area contributed by atoms with E-state index >= 15 is 0 Å². The van der Waals surface area contributed by atoms with Gasteiger partial charge >= 0.3 is 6.09 Å². The summed E-state index contributed by atoms with van der Waals surface area (Å²) in [6.07, 6.45) is 24.7. The summed E-state index contributed by atoms with van der Waals surface area (Å²) >= 11 is 0. The van der Waals surface area contributed by atoms with E-state index in [9.17, 15) is 4.79 Å². The van der Waals surface area contributed by atoms with Gasteiger partial charge in [-0.1, -0.05) is 109 Å². The highest BCUT2D eigenvalue weighted by molar-refractivity contribution is 5.67. The van der Waals surface area contributed by atoms with Gasteiger partial charge in [0.2, 0.25) is 5.69 Å². The van der Waals surface area contributed by atoms with Crippen LogP contribution in [0.1, 0.15) is 122 Å². The maximum absolute atomic E-state index is 12.4. The first kappa shape index (κ1) is 37.1. The van der Waals surface area contributed by atoms with E-state index in [1.54, 1.807) is 11.9 Å². The predicted molar refractivity (Wildman–Crippen MR) is 159 cm³/mol. The Hall–Kier alpha value is -0.930. The molecule has 1 amide bonds. The van der Waals surface area contributed by atoms with Gasteiger partial charge in [0.05, 0.1) is 19.3 Å². The van der Waals surface area contributed by atoms with Crippen molar-refractivity contribution in [2.75, 3.05) is 33.5 Å². The molecule has 1 fully saturated rings. The molecular formula is C33H59IN2O4. The van der Waals surface area contributed by atoms with Crippen molar-refractivity contribution in [3.63, 3.8) is 0 Å². The van der Waals surface area contributed by atoms with Crippen LogP contribution in [0.25, 0.3) is 0 Å². The van der Waals surface area contributed by atoms with Gasteiger partial charge in [-0.05, 0) is 12.8 Å². The lowest BCUT2D eigenvalue weighted by atomic mass is 10.0. The Morgan fingerprint density at radius 2 is 1.48 bits per heavy atom. The number of rotatable bonds is 23. The molecular weight excluding hydrogens is 615 g/mol. The first-order valence-corrected chi connectivity index (χ1v) is 16.1. The van der Waals surface area contributed by atoms with Crippen molar-refractivity contribution in [2.45, 2.75) is 129 Å². The Kier molecular flexibility index (Phi) is 22.9. The molecule has 0 bridgehead atoms. The van der Waals surface area contributed by atoms with Crippen molar-refractivity contribution in [1.82, 2.24) is 4.90 Å². The first-order valence-electron chi connectivity index (χ1n) is 16.1. The van der Waals surface area contributed by atoms with E-state index in [0.29, 0.717) is 25.7 Å². The van der Waals surface area contributed by atoms with Gasteiger partial charge in [0.25, 0.3) is 0 Å². The molecule has 1 saturated heterocycles. The van der Waals surface area contributed by atoms with E-state index in [1.165, 1.54) is 96.3 Å². The van der Waals surface area contributed by atoms with Crippen molar-refractivity contribution in [2.24, 2.45) is 13.0 Å². The van der Waals surface area contributed by atoms with Crippen LogP contribution in [0, 0.1) is 5.92 Å². The minimum absolute atomic E-state index is 0. The number of carbonyl (C=O) groups is 1. The van der Waals surface area contributed by atoms with Crippen LogP contribution in [0.4, 0.5) is 4.79 Å². The molecule has 232 valence electrons. The molecule has 0 aromatic carbocycles. The quantitative estimate of drug-likeness (QED) is 0.0955. The third kappa shape index (κ3) is 17.8.